The zero-order valence-corrected chi connectivity index (χ0v) is 21.0. The van der Waals surface area contributed by atoms with E-state index in [9.17, 15) is 9.59 Å². The van der Waals surface area contributed by atoms with Crippen LogP contribution in [-0.2, 0) is 48.2 Å². The molecule has 1 aliphatic rings. The van der Waals surface area contributed by atoms with Crippen LogP contribution in [0.15, 0.2) is 91.0 Å². The van der Waals surface area contributed by atoms with Gasteiger partial charge in [-0.3, -0.25) is 9.69 Å². The van der Waals surface area contributed by atoms with E-state index in [-0.39, 0.29) is 19.2 Å². The Morgan fingerprint density at radius 3 is 1.95 bits per heavy atom. The SMILES string of the molecule is COC(=O)C1COC(CCC(C(=O)OCc2ccccc2)N(Cc2ccccc2)Cc2ccccc2)O1. The van der Waals surface area contributed by atoms with Crippen LogP contribution in [-0.4, -0.2) is 49.0 Å². The summed E-state index contributed by atoms with van der Waals surface area (Å²) >= 11 is 0. The number of hydrogen-bond acceptors (Lipinski definition) is 7. The average Bonchev–Trinajstić information content (AvgIpc) is 3.42. The summed E-state index contributed by atoms with van der Waals surface area (Å²) in [7, 11) is 1.32. The molecule has 3 atom stereocenters. The Labute approximate surface area is 217 Å². The molecule has 0 radical (unpaired) electrons. The van der Waals surface area contributed by atoms with Gasteiger partial charge in [-0.2, -0.15) is 0 Å². The van der Waals surface area contributed by atoms with E-state index in [1.165, 1.54) is 7.11 Å². The number of nitrogens with zero attached hydrogens (tertiary/aromatic N) is 1. The fourth-order valence-corrected chi connectivity index (χ4v) is 4.34. The van der Waals surface area contributed by atoms with Crippen LogP contribution >= 0.6 is 0 Å². The maximum Gasteiger partial charge on any atom is 0.337 e. The van der Waals surface area contributed by atoms with Crippen LogP contribution in [0.2, 0.25) is 0 Å². The standard InChI is InChI=1S/C30H33NO6/c1-34-30(33)27-22-35-28(37-27)18-17-26(29(32)36-21-25-15-9-4-10-16-25)31(19-23-11-5-2-6-12-23)20-24-13-7-3-8-14-24/h2-16,26-28H,17-22H2,1H3. The molecule has 0 spiro atoms. The molecule has 7 nitrogen and oxygen atoms in total. The number of methoxy groups -OCH3 is 1. The van der Waals surface area contributed by atoms with Crippen LogP contribution in [0.1, 0.15) is 29.5 Å². The van der Waals surface area contributed by atoms with Gasteiger partial charge in [0.1, 0.15) is 12.6 Å². The molecule has 1 aliphatic heterocycles. The van der Waals surface area contributed by atoms with Crippen molar-refractivity contribution in [3.63, 3.8) is 0 Å². The average molecular weight is 504 g/mol. The highest BCUT2D eigenvalue weighted by atomic mass is 16.7. The molecular formula is C30H33NO6. The van der Waals surface area contributed by atoms with Gasteiger partial charge in [0.2, 0.25) is 0 Å². The molecular weight excluding hydrogens is 470 g/mol. The largest absolute Gasteiger partial charge is 0.467 e. The fourth-order valence-electron chi connectivity index (χ4n) is 4.34. The third-order valence-corrected chi connectivity index (χ3v) is 6.28. The van der Waals surface area contributed by atoms with E-state index in [1.807, 2.05) is 66.7 Å². The Morgan fingerprint density at radius 2 is 1.41 bits per heavy atom. The third kappa shape index (κ3) is 7.98. The van der Waals surface area contributed by atoms with Gasteiger partial charge >= 0.3 is 11.9 Å². The maximum absolute atomic E-state index is 13.5. The van der Waals surface area contributed by atoms with Gasteiger partial charge in [-0.15, -0.1) is 0 Å². The fraction of sp³-hybridized carbons (Fsp3) is 0.333. The van der Waals surface area contributed by atoms with Crippen molar-refractivity contribution in [1.82, 2.24) is 4.90 Å². The lowest BCUT2D eigenvalue weighted by Gasteiger charge is -2.31. The molecule has 194 valence electrons. The first-order valence-corrected chi connectivity index (χ1v) is 12.5. The van der Waals surface area contributed by atoms with Gasteiger partial charge in [-0.25, -0.2) is 4.79 Å². The molecule has 3 aromatic carbocycles. The van der Waals surface area contributed by atoms with Gasteiger partial charge in [-0.05, 0) is 23.1 Å². The minimum absolute atomic E-state index is 0.137. The highest BCUT2D eigenvalue weighted by Crippen LogP contribution is 2.23. The molecule has 0 aliphatic carbocycles. The van der Waals surface area contributed by atoms with Crippen molar-refractivity contribution in [3.8, 4) is 0 Å². The molecule has 1 heterocycles. The summed E-state index contributed by atoms with van der Waals surface area (Å²) in [5.41, 5.74) is 3.12. The first-order valence-electron chi connectivity index (χ1n) is 12.5. The number of rotatable bonds is 12. The highest BCUT2D eigenvalue weighted by Gasteiger charge is 2.35. The van der Waals surface area contributed by atoms with Gasteiger partial charge in [-0.1, -0.05) is 91.0 Å². The minimum Gasteiger partial charge on any atom is -0.467 e. The Morgan fingerprint density at radius 1 is 0.865 bits per heavy atom. The zero-order chi connectivity index (χ0) is 25.9. The first-order chi connectivity index (χ1) is 18.1. The van der Waals surface area contributed by atoms with Crippen LogP contribution < -0.4 is 0 Å². The van der Waals surface area contributed by atoms with Gasteiger partial charge in [0.15, 0.2) is 12.4 Å². The topological polar surface area (TPSA) is 74.3 Å². The number of carbonyl (C=O) groups excluding carboxylic acids is 2. The number of hydrogen-bond donors (Lipinski definition) is 0. The van der Waals surface area contributed by atoms with Gasteiger partial charge in [0.05, 0.1) is 13.7 Å². The lowest BCUT2D eigenvalue weighted by atomic mass is 10.1. The third-order valence-electron chi connectivity index (χ3n) is 6.28. The molecule has 4 rings (SSSR count). The molecule has 0 bridgehead atoms. The summed E-state index contributed by atoms with van der Waals surface area (Å²) in [6, 6.07) is 29.2. The van der Waals surface area contributed by atoms with Crippen molar-refractivity contribution >= 4 is 11.9 Å². The summed E-state index contributed by atoms with van der Waals surface area (Å²) in [6.45, 7) is 1.47. The van der Waals surface area contributed by atoms with Gasteiger partial charge in [0.25, 0.3) is 0 Å². The summed E-state index contributed by atoms with van der Waals surface area (Å²) in [6.07, 6.45) is -0.475. The molecule has 1 saturated heterocycles. The molecule has 3 aromatic rings. The number of benzene rings is 3. The molecule has 1 fully saturated rings. The maximum atomic E-state index is 13.5. The van der Waals surface area contributed by atoms with Crippen molar-refractivity contribution in [1.29, 1.82) is 0 Å². The molecule has 7 heteroatoms. The van der Waals surface area contributed by atoms with Gasteiger partial charge in [0, 0.05) is 19.5 Å². The second kappa shape index (κ2) is 13.7. The number of ether oxygens (including phenoxy) is 4. The number of carbonyl (C=O) groups is 2. The number of esters is 2. The predicted octanol–water partition coefficient (Wildman–Crippen LogP) is 4.50. The van der Waals surface area contributed by atoms with Gasteiger partial charge < -0.3 is 18.9 Å². The Balaban J connectivity index is 1.52. The summed E-state index contributed by atoms with van der Waals surface area (Å²) in [5.74, 6) is -0.769. The zero-order valence-electron chi connectivity index (χ0n) is 21.0. The molecule has 0 amide bonds. The van der Waals surface area contributed by atoms with E-state index in [0.717, 1.165) is 16.7 Å². The lowest BCUT2D eigenvalue weighted by molar-refractivity contribution is -0.157. The van der Waals surface area contributed by atoms with E-state index < -0.39 is 24.4 Å². The lowest BCUT2D eigenvalue weighted by Crippen LogP contribution is -2.42. The smallest absolute Gasteiger partial charge is 0.337 e. The Kier molecular flexibility index (Phi) is 9.82. The van der Waals surface area contributed by atoms with Crippen molar-refractivity contribution in [2.75, 3.05) is 13.7 Å². The van der Waals surface area contributed by atoms with E-state index in [2.05, 4.69) is 29.2 Å². The normalized spacial score (nSPS) is 17.9. The van der Waals surface area contributed by atoms with Crippen LogP contribution in [0.25, 0.3) is 0 Å². The Hall–Kier alpha value is -3.52. The van der Waals surface area contributed by atoms with Crippen molar-refractivity contribution in [2.45, 2.75) is 51.0 Å². The van der Waals surface area contributed by atoms with E-state index in [0.29, 0.717) is 25.9 Å². The first kappa shape index (κ1) is 26.5. The van der Waals surface area contributed by atoms with Crippen molar-refractivity contribution in [3.05, 3.63) is 108 Å². The molecule has 37 heavy (non-hydrogen) atoms. The molecule has 3 unspecified atom stereocenters. The van der Waals surface area contributed by atoms with E-state index >= 15 is 0 Å². The van der Waals surface area contributed by atoms with Crippen molar-refractivity contribution in [2.24, 2.45) is 0 Å². The second-order valence-corrected chi connectivity index (χ2v) is 8.97. The molecule has 0 aromatic heterocycles. The summed E-state index contributed by atoms with van der Waals surface area (Å²) < 4.78 is 22.0. The molecule has 0 saturated carbocycles. The quantitative estimate of drug-likeness (QED) is 0.337. The molecule has 0 N–H and O–H groups in total. The minimum atomic E-state index is -0.747. The van der Waals surface area contributed by atoms with Crippen LogP contribution in [0.3, 0.4) is 0 Å². The van der Waals surface area contributed by atoms with Crippen LogP contribution in [0.4, 0.5) is 0 Å². The predicted molar refractivity (Wildman–Crippen MR) is 138 cm³/mol. The van der Waals surface area contributed by atoms with E-state index in [1.54, 1.807) is 0 Å². The monoisotopic (exact) mass is 503 g/mol. The highest BCUT2D eigenvalue weighted by molar-refractivity contribution is 5.76. The van der Waals surface area contributed by atoms with Crippen molar-refractivity contribution < 1.29 is 28.5 Å². The van der Waals surface area contributed by atoms with Crippen LogP contribution in [0, 0.1) is 0 Å². The second-order valence-electron chi connectivity index (χ2n) is 8.97. The Bertz CT molecular complexity index is 1070. The van der Waals surface area contributed by atoms with E-state index in [4.69, 9.17) is 18.9 Å². The van der Waals surface area contributed by atoms with Crippen LogP contribution in [0.5, 0.6) is 0 Å². The summed E-state index contributed by atoms with van der Waals surface area (Å²) in [4.78, 5) is 27.5. The summed E-state index contributed by atoms with van der Waals surface area (Å²) in [5, 5.41) is 0.